The van der Waals surface area contributed by atoms with E-state index in [1.807, 2.05) is 11.9 Å². The van der Waals surface area contributed by atoms with Crippen LogP contribution in [0.5, 0.6) is 5.75 Å². The van der Waals surface area contributed by atoms with Crippen molar-refractivity contribution in [2.24, 2.45) is 5.92 Å². The molecule has 1 aliphatic carbocycles. The van der Waals surface area contributed by atoms with Crippen LogP contribution >= 0.6 is 0 Å². The van der Waals surface area contributed by atoms with Gasteiger partial charge in [0.15, 0.2) is 6.61 Å². The van der Waals surface area contributed by atoms with Crippen LogP contribution < -0.4 is 9.64 Å². The number of hydrogen-bond acceptors (Lipinski definition) is 6. The summed E-state index contributed by atoms with van der Waals surface area (Å²) < 4.78 is 42.7. The fraction of sp³-hybridized carbons (Fsp3) is 0.667. The van der Waals surface area contributed by atoms with Crippen molar-refractivity contribution in [3.05, 3.63) is 24.3 Å². The fourth-order valence-corrected chi connectivity index (χ4v) is 4.81. The molecule has 2 aliphatic heterocycles. The van der Waals surface area contributed by atoms with Gasteiger partial charge in [-0.25, -0.2) is 0 Å². The molecule has 1 saturated carbocycles. The standard InChI is InChI=1S/C24H33F3N4O3/c1-28(19-7-8-19)16-18-15-22(32)31(23(18)33)10-4-9-29-11-13-30(14-12-29)20-5-2-3-6-21(20)34-17-24(25,26)27/h2-3,5-6,18-19H,4,7-17H2,1H3. The van der Waals surface area contributed by atoms with E-state index in [0.717, 1.165) is 19.6 Å². The van der Waals surface area contributed by atoms with Gasteiger partial charge in [0.25, 0.3) is 0 Å². The summed E-state index contributed by atoms with van der Waals surface area (Å²) in [6.45, 7) is 3.40. The van der Waals surface area contributed by atoms with Crippen molar-refractivity contribution in [1.29, 1.82) is 0 Å². The van der Waals surface area contributed by atoms with E-state index in [2.05, 4.69) is 9.80 Å². The Morgan fingerprint density at radius 1 is 1.06 bits per heavy atom. The molecular weight excluding hydrogens is 449 g/mol. The van der Waals surface area contributed by atoms with Crippen molar-refractivity contribution in [2.45, 2.75) is 37.9 Å². The Hall–Kier alpha value is -2.33. The van der Waals surface area contributed by atoms with Gasteiger partial charge in [-0.3, -0.25) is 19.4 Å². The van der Waals surface area contributed by atoms with E-state index < -0.39 is 12.8 Å². The molecule has 0 aromatic heterocycles. The number of anilines is 1. The smallest absolute Gasteiger partial charge is 0.422 e. The quantitative estimate of drug-likeness (QED) is 0.478. The minimum absolute atomic E-state index is 0.0437. The van der Waals surface area contributed by atoms with Crippen molar-refractivity contribution in [3.63, 3.8) is 0 Å². The SMILES string of the molecule is CN(CC1CC(=O)N(CCCN2CCN(c3ccccc3OCC(F)(F)F)CC2)C1=O)C1CC1. The first-order chi connectivity index (χ1) is 16.2. The van der Waals surface area contributed by atoms with Gasteiger partial charge in [-0.1, -0.05) is 12.1 Å². The van der Waals surface area contributed by atoms with Gasteiger partial charge >= 0.3 is 6.18 Å². The summed E-state index contributed by atoms with van der Waals surface area (Å²) in [7, 11) is 2.03. The molecule has 0 N–H and O–H groups in total. The topological polar surface area (TPSA) is 56.3 Å². The van der Waals surface area contributed by atoms with Gasteiger partial charge < -0.3 is 14.5 Å². The Labute approximate surface area is 198 Å². The molecule has 0 radical (unpaired) electrons. The summed E-state index contributed by atoms with van der Waals surface area (Å²) in [6.07, 6.45) is -1.00. The number of hydrogen-bond donors (Lipinski definition) is 0. The lowest BCUT2D eigenvalue weighted by Gasteiger charge is -2.37. The molecule has 7 nitrogen and oxygen atoms in total. The van der Waals surface area contributed by atoms with E-state index >= 15 is 0 Å². The second-order valence-electron chi connectivity index (χ2n) is 9.51. The van der Waals surface area contributed by atoms with Crippen LogP contribution in [-0.4, -0.2) is 98.2 Å². The molecule has 1 unspecified atom stereocenters. The molecule has 1 aromatic rings. The Morgan fingerprint density at radius 3 is 2.44 bits per heavy atom. The van der Waals surface area contributed by atoms with Crippen molar-refractivity contribution in [3.8, 4) is 5.75 Å². The zero-order valence-corrected chi connectivity index (χ0v) is 19.6. The number of rotatable bonds is 10. The van der Waals surface area contributed by atoms with Crippen molar-refractivity contribution < 1.29 is 27.5 Å². The molecule has 2 heterocycles. The highest BCUT2D eigenvalue weighted by molar-refractivity contribution is 6.03. The molecule has 3 fully saturated rings. The maximum atomic E-state index is 12.7. The molecule has 4 rings (SSSR count). The van der Waals surface area contributed by atoms with Gasteiger partial charge in [0.1, 0.15) is 5.75 Å². The molecule has 1 atom stereocenters. The Bertz CT molecular complexity index is 869. The van der Waals surface area contributed by atoms with Gasteiger partial charge in [-0.15, -0.1) is 0 Å². The summed E-state index contributed by atoms with van der Waals surface area (Å²) in [4.78, 5) is 33.0. The second kappa shape index (κ2) is 10.5. The van der Waals surface area contributed by atoms with E-state index in [0.29, 0.717) is 50.7 Å². The maximum absolute atomic E-state index is 12.7. The molecule has 0 spiro atoms. The van der Waals surface area contributed by atoms with Crippen LogP contribution in [0, 0.1) is 5.92 Å². The first kappa shape index (κ1) is 24.8. The van der Waals surface area contributed by atoms with Crippen LogP contribution in [0.15, 0.2) is 24.3 Å². The van der Waals surface area contributed by atoms with Gasteiger partial charge in [-0.2, -0.15) is 13.2 Å². The highest BCUT2D eigenvalue weighted by Crippen LogP contribution is 2.31. The van der Waals surface area contributed by atoms with E-state index in [9.17, 15) is 22.8 Å². The van der Waals surface area contributed by atoms with E-state index in [1.165, 1.54) is 17.7 Å². The van der Waals surface area contributed by atoms with E-state index in [1.54, 1.807) is 24.3 Å². The van der Waals surface area contributed by atoms with Crippen LogP contribution in [0.25, 0.3) is 0 Å². The number of para-hydroxylation sites is 2. The molecular formula is C24H33F3N4O3. The number of piperazine rings is 1. The van der Waals surface area contributed by atoms with Gasteiger partial charge in [0.2, 0.25) is 11.8 Å². The predicted molar refractivity (Wildman–Crippen MR) is 122 cm³/mol. The number of carbonyl (C=O) groups excluding carboxylic acids is 2. The molecule has 2 saturated heterocycles. The highest BCUT2D eigenvalue weighted by atomic mass is 19.4. The second-order valence-corrected chi connectivity index (χ2v) is 9.51. The van der Waals surface area contributed by atoms with Gasteiger partial charge in [0, 0.05) is 51.7 Å². The minimum Gasteiger partial charge on any atom is -0.482 e. The summed E-state index contributed by atoms with van der Waals surface area (Å²) >= 11 is 0. The number of carbonyl (C=O) groups is 2. The number of ether oxygens (including phenoxy) is 1. The largest absolute Gasteiger partial charge is 0.482 e. The lowest BCUT2D eigenvalue weighted by molar-refractivity contribution is -0.153. The zero-order chi connectivity index (χ0) is 24.3. The summed E-state index contributed by atoms with van der Waals surface area (Å²) in [5.74, 6) is -0.0974. The first-order valence-electron chi connectivity index (χ1n) is 12.0. The Balaban J connectivity index is 1.20. The normalized spacial score (nSPS) is 22.2. The van der Waals surface area contributed by atoms with Crippen LogP contribution in [0.2, 0.25) is 0 Å². The van der Waals surface area contributed by atoms with Gasteiger partial charge in [0.05, 0.1) is 11.6 Å². The summed E-state index contributed by atoms with van der Waals surface area (Å²) in [6, 6.07) is 7.37. The molecule has 1 aromatic carbocycles. The van der Waals surface area contributed by atoms with Crippen LogP contribution in [0.1, 0.15) is 25.7 Å². The van der Waals surface area contributed by atoms with E-state index in [4.69, 9.17) is 4.74 Å². The minimum atomic E-state index is -4.38. The molecule has 10 heteroatoms. The number of benzene rings is 1. The third-order valence-corrected chi connectivity index (χ3v) is 6.84. The third kappa shape index (κ3) is 6.41. The van der Waals surface area contributed by atoms with Crippen molar-refractivity contribution >= 4 is 17.5 Å². The Morgan fingerprint density at radius 2 is 1.76 bits per heavy atom. The maximum Gasteiger partial charge on any atom is 0.422 e. The van der Waals surface area contributed by atoms with Crippen LogP contribution in [0.4, 0.5) is 18.9 Å². The number of imide groups is 1. The lowest BCUT2D eigenvalue weighted by atomic mass is 10.1. The van der Waals surface area contributed by atoms with E-state index in [-0.39, 0.29) is 23.5 Å². The van der Waals surface area contributed by atoms with Gasteiger partial charge in [-0.05, 0) is 45.0 Å². The number of alkyl halides is 3. The number of halogens is 3. The van der Waals surface area contributed by atoms with Crippen molar-refractivity contribution in [2.75, 3.05) is 64.4 Å². The summed E-state index contributed by atoms with van der Waals surface area (Å²) in [5.41, 5.74) is 0.668. The first-order valence-corrected chi connectivity index (χ1v) is 12.0. The molecule has 188 valence electrons. The lowest BCUT2D eigenvalue weighted by Crippen LogP contribution is -2.47. The number of nitrogens with zero attached hydrogens (tertiary/aromatic N) is 4. The van der Waals surface area contributed by atoms with Crippen LogP contribution in [0.3, 0.4) is 0 Å². The van der Waals surface area contributed by atoms with Crippen molar-refractivity contribution in [1.82, 2.24) is 14.7 Å². The fourth-order valence-electron chi connectivity index (χ4n) is 4.81. The molecule has 0 bridgehead atoms. The molecule has 34 heavy (non-hydrogen) atoms. The zero-order valence-electron chi connectivity index (χ0n) is 19.6. The summed E-state index contributed by atoms with van der Waals surface area (Å²) in [5, 5.41) is 0. The molecule has 3 aliphatic rings. The highest BCUT2D eigenvalue weighted by Gasteiger charge is 2.40. The Kier molecular flexibility index (Phi) is 7.67. The average molecular weight is 483 g/mol. The average Bonchev–Trinajstić information content (AvgIpc) is 3.62. The van der Waals surface area contributed by atoms with Crippen LogP contribution in [-0.2, 0) is 9.59 Å². The number of likely N-dealkylation sites (tertiary alicyclic amines) is 1. The monoisotopic (exact) mass is 482 g/mol. The number of amides is 2. The predicted octanol–water partition coefficient (Wildman–Crippen LogP) is 2.61. The third-order valence-electron chi connectivity index (χ3n) is 6.84. The molecule has 2 amide bonds.